The van der Waals surface area contributed by atoms with Gasteiger partial charge < -0.3 is 9.47 Å². The van der Waals surface area contributed by atoms with E-state index in [2.05, 4.69) is 36.3 Å². The van der Waals surface area contributed by atoms with Crippen molar-refractivity contribution in [3.63, 3.8) is 0 Å². The fourth-order valence-corrected chi connectivity index (χ4v) is 3.23. The Morgan fingerprint density at radius 2 is 2.23 bits per heavy atom. The van der Waals surface area contributed by atoms with Crippen molar-refractivity contribution in [3.8, 4) is 0 Å². The Kier molecular flexibility index (Phi) is 4.27. The van der Waals surface area contributed by atoms with Crippen molar-refractivity contribution in [1.82, 2.24) is 14.5 Å². The molecule has 2 heterocycles. The number of unbranched alkanes of at least 4 members (excludes halogenated alkanes) is 1. The lowest BCUT2D eigenvalue weighted by Gasteiger charge is -2.15. The molecule has 1 saturated heterocycles. The first kappa shape index (κ1) is 14.8. The first-order valence-corrected chi connectivity index (χ1v) is 8.08. The molecule has 1 aliphatic heterocycles. The van der Waals surface area contributed by atoms with Crippen LogP contribution in [-0.4, -0.2) is 33.4 Å². The van der Waals surface area contributed by atoms with Crippen molar-refractivity contribution in [1.29, 1.82) is 0 Å². The third kappa shape index (κ3) is 2.65. The van der Waals surface area contributed by atoms with Gasteiger partial charge in [-0.05, 0) is 18.6 Å². The number of aromatic nitrogens is 2. The number of benzene rings is 1. The zero-order valence-corrected chi connectivity index (χ0v) is 13.2. The summed E-state index contributed by atoms with van der Waals surface area (Å²) in [5, 5.41) is 0. The minimum absolute atomic E-state index is 0.191. The van der Waals surface area contributed by atoms with Gasteiger partial charge in [0.05, 0.1) is 11.0 Å². The zero-order valence-electron chi connectivity index (χ0n) is 13.2. The molecule has 1 atom stereocenters. The van der Waals surface area contributed by atoms with Crippen LogP contribution >= 0.6 is 0 Å². The largest absolute Gasteiger partial charge is 0.338 e. The number of hydrogen-bond donors (Lipinski definition) is 0. The minimum atomic E-state index is 0.191. The summed E-state index contributed by atoms with van der Waals surface area (Å²) >= 11 is 0. The molecular formula is C18H23N3O. The molecule has 116 valence electrons. The Morgan fingerprint density at radius 1 is 1.41 bits per heavy atom. The number of carbonyl (C=O) groups excluding carboxylic acids is 1. The van der Waals surface area contributed by atoms with Gasteiger partial charge in [0.15, 0.2) is 0 Å². The van der Waals surface area contributed by atoms with E-state index in [1.54, 1.807) is 6.08 Å². The average molecular weight is 297 g/mol. The van der Waals surface area contributed by atoms with Crippen molar-refractivity contribution in [3.05, 3.63) is 42.7 Å². The number of imidazole rings is 1. The molecule has 1 amide bonds. The number of nitrogens with zero attached hydrogens (tertiary/aromatic N) is 3. The summed E-state index contributed by atoms with van der Waals surface area (Å²) in [4.78, 5) is 18.8. The van der Waals surface area contributed by atoms with E-state index in [1.807, 2.05) is 11.0 Å². The van der Waals surface area contributed by atoms with Crippen molar-refractivity contribution >= 4 is 16.9 Å². The number of likely N-dealkylation sites (tertiary alicyclic amines) is 1. The van der Waals surface area contributed by atoms with Crippen LogP contribution in [0.5, 0.6) is 0 Å². The lowest BCUT2D eigenvalue weighted by Crippen LogP contribution is -2.25. The fraction of sp³-hybridized carbons (Fsp3) is 0.444. The third-order valence-corrected chi connectivity index (χ3v) is 4.35. The molecule has 0 unspecified atom stereocenters. The highest BCUT2D eigenvalue weighted by molar-refractivity contribution is 5.81. The monoisotopic (exact) mass is 297 g/mol. The summed E-state index contributed by atoms with van der Waals surface area (Å²) in [5.74, 6) is 1.46. The molecule has 4 heteroatoms. The minimum Gasteiger partial charge on any atom is -0.338 e. The molecule has 1 aromatic heterocycles. The predicted octanol–water partition coefficient (Wildman–Crippen LogP) is 3.34. The number of rotatable bonds is 6. The quantitative estimate of drug-likeness (QED) is 0.767. The van der Waals surface area contributed by atoms with E-state index in [-0.39, 0.29) is 11.8 Å². The van der Waals surface area contributed by atoms with Crippen LogP contribution in [0.25, 0.3) is 11.0 Å². The van der Waals surface area contributed by atoms with Gasteiger partial charge in [-0.1, -0.05) is 31.6 Å². The summed E-state index contributed by atoms with van der Waals surface area (Å²) < 4.78 is 2.31. The highest BCUT2D eigenvalue weighted by atomic mass is 16.2. The van der Waals surface area contributed by atoms with Crippen LogP contribution in [0.1, 0.15) is 37.9 Å². The second-order valence-corrected chi connectivity index (χ2v) is 5.95. The topological polar surface area (TPSA) is 38.1 Å². The molecule has 0 spiro atoms. The van der Waals surface area contributed by atoms with Crippen LogP contribution in [0.4, 0.5) is 0 Å². The number of para-hydroxylation sites is 2. The average Bonchev–Trinajstić information content (AvgIpc) is 3.07. The summed E-state index contributed by atoms with van der Waals surface area (Å²) in [6, 6.07) is 8.26. The molecule has 1 aromatic carbocycles. The molecule has 0 radical (unpaired) electrons. The Balaban J connectivity index is 1.96. The van der Waals surface area contributed by atoms with Crippen LogP contribution < -0.4 is 0 Å². The highest BCUT2D eigenvalue weighted by Gasteiger charge is 2.33. The first-order chi connectivity index (χ1) is 10.7. The van der Waals surface area contributed by atoms with Gasteiger partial charge in [0, 0.05) is 32.0 Å². The van der Waals surface area contributed by atoms with Gasteiger partial charge in [0.25, 0.3) is 0 Å². The van der Waals surface area contributed by atoms with Crippen molar-refractivity contribution < 1.29 is 4.79 Å². The highest BCUT2D eigenvalue weighted by Crippen LogP contribution is 2.30. The van der Waals surface area contributed by atoms with E-state index < -0.39 is 0 Å². The van der Waals surface area contributed by atoms with E-state index >= 15 is 0 Å². The molecule has 0 aliphatic carbocycles. The number of hydrogen-bond acceptors (Lipinski definition) is 2. The standard InChI is InChI=1S/C18H23N3O/c1-3-5-11-21-16-9-7-6-8-15(16)19-18(21)14-12-17(22)20(13-14)10-4-2/h4,6-9,14H,2-3,5,10-13H2,1H3/t14-/m1/s1. The molecule has 0 N–H and O–H groups in total. The second-order valence-electron chi connectivity index (χ2n) is 5.95. The molecule has 1 aliphatic rings. The van der Waals surface area contributed by atoms with Crippen LogP contribution in [0.3, 0.4) is 0 Å². The van der Waals surface area contributed by atoms with Gasteiger partial charge in [-0.3, -0.25) is 4.79 Å². The molecule has 2 aromatic rings. The number of amides is 1. The van der Waals surface area contributed by atoms with E-state index in [0.29, 0.717) is 13.0 Å². The van der Waals surface area contributed by atoms with Gasteiger partial charge in [-0.2, -0.15) is 0 Å². The van der Waals surface area contributed by atoms with E-state index in [4.69, 9.17) is 4.98 Å². The second kappa shape index (κ2) is 6.34. The van der Waals surface area contributed by atoms with E-state index in [9.17, 15) is 4.79 Å². The maximum Gasteiger partial charge on any atom is 0.223 e. The smallest absolute Gasteiger partial charge is 0.223 e. The summed E-state index contributed by atoms with van der Waals surface area (Å²) in [6.07, 6.45) is 4.63. The Bertz CT molecular complexity index is 689. The predicted molar refractivity (Wildman–Crippen MR) is 88.8 cm³/mol. The normalized spacial score (nSPS) is 18.3. The van der Waals surface area contributed by atoms with Gasteiger partial charge in [-0.25, -0.2) is 4.98 Å². The van der Waals surface area contributed by atoms with Gasteiger partial charge in [0.2, 0.25) is 5.91 Å². The van der Waals surface area contributed by atoms with Crippen molar-refractivity contribution in [2.24, 2.45) is 0 Å². The Morgan fingerprint density at radius 3 is 3.00 bits per heavy atom. The maximum atomic E-state index is 12.1. The van der Waals surface area contributed by atoms with E-state index in [0.717, 1.165) is 37.3 Å². The molecule has 0 saturated carbocycles. The van der Waals surface area contributed by atoms with Crippen LogP contribution in [-0.2, 0) is 11.3 Å². The molecule has 1 fully saturated rings. The van der Waals surface area contributed by atoms with Gasteiger partial charge >= 0.3 is 0 Å². The first-order valence-electron chi connectivity index (χ1n) is 8.08. The summed E-state index contributed by atoms with van der Waals surface area (Å²) in [7, 11) is 0. The maximum absolute atomic E-state index is 12.1. The van der Waals surface area contributed by atoms with Gasteiger partial charge in [0.1, 0.15) is 5.82 Å². The molecular weight excluding hydrogens is 274 g/mol. The van der Waals surface area contributed by atoms with Gasteiger partial charge in [-0.15, -0.1) is 6.58 Å². The Labute approximate surface area is 131 Å². The molecule has 22 heavy (non-hydrogen) atoms. The number of carbonyl (C=O) groups is 1. The zero-order chi connectivity index (χ0) is 15.5. The summed E-state index contributed by atoms with van der Waals surface area (Å²) in [6.45, 7) is 8.28. The number of fused-ring (bicyclic) bond motifs is 1. The molecule has 0 bridgehead atoms. The van der Waals surface area contributed by atoms with E-state index in [1.165, 1.54) is 5.52 Å². The lowest BCUT2D eigenvalue weighted by molar-refractivity contribution is -0.127. The molecule has 4 nitrogen and oxygen atoms in total. The Hall–Kier alpha value is -2.10. The number of aryl methyl sites for hydroxylation is 1. The van der Waals surface area contributed by atoms with Crippen LogP contribution in [0, 0.1) is 0 Å². The third-order valence-electron chi connectivity index (χ3n) is 4.35. The van der Waals surface area contributed by atoms with Crippen LogP contribution in [0.15, 0.2) is 36.9 Å². The summed E-state index contributed by atoms with van der Waals surface area (Å²) in [5.41, 5.74) is 2.21. The molecule has 3 rings (SSSR count). The van der Waals surface area contributed by atoms with Crippen LogP contribution in [0.2, 0.25) is 0 Å². The van der Waals surface area contributed by atoms with Crippen molar-refractivity contribution in [2.45, 2.75) is 38.6 Å². The van der Waals surface area contributed by atoms with Crippen molar-refractivity contribution in [2.75, 3.05) is 13.1 Å². The fourth-order valence-electron chi connectivity index (χ4n) is 3.23. The SMILES string of the molecule is C=CCN1C[C@H](c2nc3ccccc3n2CCCC)CC1=O. The lowest BCUT2D eigenvalue weighted by atomic mass is 10.1.